The summed E-state index contributed by atoms with van der Waals surface area (Å²) in [4.78, 5) is 4.16. The fourth-order valence-corrected chi connectivity index (χ4v) is 2.08. The van der Waals surface area contributed by atoms with Gasteiger partial charge in [-0.15, -0.1) is 0 Å². The maximum Gasteiger partial charge on any atom is 0.416 e. The molecule has 5 heteroatoms. The number of nitrogens with zero attached hydrogens (tertiary/aromatic N) is 1. The lowest BCUT2D eigenvalue weighted by Gasteiger charge is -2.14. The first-order valence-electron chi connectivity index (χ1n) is 6.21. The minimum Gasteiger partial charge on any atom is -0.324 e. The summed E-state index contributed by atoms with van der Waals surface area (Å²) in [7, 11) is 0. The summed E-state index contributed by atoms with van der Waals surface area (Å²) in [6.07, 6.45) is -2.14. The number of rotatable bonds is 3. The second kappa shape index (κ2) is 5.63. The van der Waals surface area contributed by atoms with E-state index in [1.165, 1.54) is 12.1 Å². The number of pyridine rings is 1. The van der Waals surface area contributed by atoms with Crippen molar-refractivity contribution >= 4 is 0 Å². The van der Waals surface area contributed by atoms with Gasteiger partial charge in [0, 0.05) is 17.9 Å². The second-order valence-electron chi connectivity index (χ2n) is 4.68. The van der Waals surface area contributed by atoms with Gasteiger partial charge < -0.3 is 5.73 Å². The molecule has 2 aromatic rings. The van der Waals surface area contributed by atoms with E-state index in [1.807, 2.05) is 13.0 Å². The fraction of sp³-hybridized carbons (Fsp3) is 0.267. The molecule has 2 nitrogen and oxygen atoms in total. The average molecular weight is 280 g/mol. The zero-order valence-corrected chi connectivity index (χ0v) is 11.0. The van der Waals surface area contributed by atoms with E-state index in [4.69, 9.17) is 5.73 Å². The Morgan fingerprint density at radius 1 is 1.15 bits per heavy atom. The molecule has 0 aliphatic carbocycles. The first-order chi connectivity index (χ1) is 9.38. The number of benzene rings is 1. The van der Waals surface area contributed by atoms with Crippen molar-refractivity contribution in [3.63, 3.8) is 0 Å². The minimum absolute atomic E-state index is 0.277. The molecule has 0 fully saturated rings. The van der Waals surface area contributed by atoms with E-state index in [0.717, 1.165) is 29.0 Å². The number of aromatic nitrogens is 1. The van der Waals surface area contributed by atoms with E-state index >= 15 is 0 Å². The topological polar surface area (TPSA) is 38.9 Å². The second-order valence-corrected chi connectivity index (χ2v) is 4.68. The Labute approximate surface area is 115 Å². The van der Waals surface area contributed by atoms with Crippen molar-refractivity contribution in [2.24, 2.45) is 5.73 Å². The highest BCUT2D eigenvalue weighted by atomic mass is 19.4. The van der Waals surface area contributed by atoms with Crippen molar-refractivity contribution in [3.05, 3.63) is 65.0 Å². The number of nitrogens with two attached hydrogens (primary N) is 1. The molecule has 0 radical (unpaired) electrons. The van der Waals surface area contributed by atoms with Crippen LogP contribution in [0.15, 0.2) is 42.6 Å². The van der Waals surface area contributed by atoms with Gasteiger partial charge in [-0.05, 0) is 42.7 Å². The van der Waals surface area contributed by atoms with Crippen molar-refractivity contribution in [2.45, 2.75) is 25.6 Å². The lowest BCUT2D eigenvalue weighted by Crippen LogP contribution is -2.15. The Morgan fingerprint density at radius 3 is 2.35 bits per heavy atom. The standard InChI is InChI=1S/C15H15F3N2/c1-10-13(3-2-8-20-10)14(19)9-11-4-6-12(7-5-11)15(16,17)18/h2-8,14H,9,19H2,1H3. The van der Waals surface area contributed by atoms with Crippen molar-refractivity contribution in [2.75, 3.05) is 0 Å². The number of halogens is 3. The number of alkyl halides is 3. The summed E-state index contributed by atoms with van der Waals surface area (Å²) >= 11 is 0. The van der Waals surface area contributed by atoms with Crippen LogP contribution in [0.4, 0.5) is 13.2 Å². The van der Waals surface area contributed by atoms with E-state index in [0.29, 0.717) is 6.42 Å². The number of aryl methyl sites for hydroxylation is 1. The Balaban J connectivity index is 2.13. The van der Waals surface area contributed by atoms with Gasteiger partial charge in [-0.1, -0.05) is 18.2 Å². The maximum atomic E-state index is 12.5. The van der Waals surface area contributed by atoms with Crippen molar-refractivity contribution in [1.82, 2.24) is 4.98 Å². The van der Waals surface area contributed by atoms with E-state index in [-0.39, 0.29) is 6.04 Å². The molecule has 0 bridgehead atoms. The maximum absolute atomic E-state index is 12.5. The molecule has 1 aromatic heterocycles. The highest BCUT2D eigenvalue weighted by molar-refractivity contribution is 5.28. The third-order valence-corrected chi connectivity index (χ3v) is 3.18. The van der Waals surface area contributed by atoms with Gasteiger partial charge in [0.25, 0.3) is 0 Å². The van der Waals surface area contributed by atoms with Gasteiger partial charge in [0.15, 0.2) is 0 Å². The molecule has 1 heterocycles. The van der Waals surface area contributed by atoms with E-state index < -0.39 is 11.7 Å². The Hall–Kier alpha value is -1.88. The Bertz CT molecular complexity index is 576. The lowest BCUT2D eigenvalue weighted by atomic mass is 9.98. The summed E-state index contributed by atoms with van der Waals surface area (Å²) in [6, 6.07) is 8.51. The molecule has 106 valence electrons. The molecule has 1 unspecified atom stereocenters. The van der Waals surface area contributed by atoms with E-state index in [1.54, 1.807) is 12.3 Å². The number of hydrogen-bond donors (Lipinski definition) is 1. The lowest BCUT2D eigenvalue weighted by molar-refractivity contribution is -0.137. The average Bonchev–Trinajstić information content (AvgIpc) is 2.38. The van der Waals surface area contributed by atoms with Gasteiger partial charge in [-0.3, -0.25) is 4.98 Å². The Kier molecular flexibility index (Phi) is 4.09. The van der Waals surface area contributed by atoms with Crippen molar-refractivity contribution in [1.29, 1.82) is 0 Å². The van der Waals surface area contributed by atoms with Crippen LogP contribution in [-0.2, 0) is 12.6 Å². The van der Waals surface area contributed by atoms with Crippen LogP contribution in [0, 0.1) is 6.92 Å². The van der Waals surface area contributed by atoms with E-state index in [9.17, 15) is 13.2 Å². The van der Waals surface area contributed by atoms with E-state index in [2.05, 4.69) is 4.98 Å². The summed E-state index contributed by atoms with van der Waals surface area (Å²) in [5.41, 5.74) is 7.96. The molecule has 2 rings (SSSR count). The zero-order valence-electron chi connectivity index (χ0n) is 11.0. The summed E-state index contributed by atoms with van der Waals surface area (Å²) < 4.78 is 37.4. The molecular weight excluding hydrogens is 265 g/mol. The monoisotopic (exact) mass is 280 g/mol. The van der Waals surface area contributed by atoms with Crippen LogP contribution in [0.2, 0.25) is 0 Å². The highest BCUT2D eigenvalue weighted by Crippen LogP contribution is 2.29. The highest BCUT2D eigenvalue weighted by Gasteiger charge is 2.29. The smallest absolute Gasteiger partial charge is 0.324 e. The van der Waals surface area contributed by atoms with Crippen molar-refractivity contribution in [3.8, 4) is 0 Å². The summed E-state index contributed by atoms with van der Waals surface area (Å²) in [5.74, 6) is 0. The molecule has 0 saturated carbocycles. The quantitative estimate of drug-likeness (QED) is 0.932. The predicted octanol–water partition coefficient (Wildman–Crippen LogP) is 3.65. The number of hydrogen-bond acceptors (Lipinski definition) is 2. The molecule has 20 heavy (non-hydrogen) atoms. The fourth-order valence-electron chi connectivity index (χ4n) is 2.08. The molecule has 2 N–H and O–H groups in total. The van der Waals surface area contributed by atoms with Crippen LogP contribution in [0.25, 0.3) is 0 Å². The van der Waals surface area contributed by atoms with Crippen LogP contribution < -0.4 is 5.73 Å². The molecule has 0 aliphatic heterocycles. The van der Waals surface area contributed by atoms with Crippen molar-refractivity contribution < 1.29 is 13.2 Å². The minimum atomic E-state index is -4.30. The van der Waals surface area contributed by atoms with Gasteiger partial charge in [0.1, 0.15) is 0 Å². The van der Waals surface area contributed by atoms with Crippen LogP contribution in [0.3, 0.4) is 0 Å². The van der Waals surface area contributed by atoms with Gasteiger partial charge >= 0.3 is 6.18 Å². The van der Waals surface area contributed by atoms with Gasteiger partial charge in [0.2, 0.25) is 0 Å². The molecule has 0 saturated heterocycles. The molecular formula is C15H15F3N2. The van der Waals surface area contributed by atoms with Gasteiger partial charge in [0.05, 0.1) is 5.56 Å². The first-order valence-corrected chi connectivity index (χ1v) is 6.21. The van der Waals surface area contributed by atoms with Gasteiger partial charge in [-0.25, -0.2) is 0 Å². The molecule has 0 aliphatic rings. The molecule has 0 spiro atoms. The predicted molar refractivity (Wildman–Crippen MR) is 71.1 cm³/mol. The third-order valence-electron chi connectivity index (χ3n) is 3.18. The van der Waals surface area contributed by atoms with Crippen LogP contribution in [0.5, 0.6) is 0 Å². The van der Waals surface area contributed by atoms with Crippen LogP contribution in [0.1, 0.15) is 28.4 Å². The molecule has 1 atom stereocenters. The third kappa shape index (κ3) is 3.36. The normalized spacial score (nSPS) is 13.2. The SMILES string of the molecule is Cc1ncccc1C(N)Cc1ccc(C(F)(F)F)cc1. The molecule has 0 amide bonds. The first kappa shape index (κ1) is 14.5. The Morgan fingerprint density at radius 2 is 1.80 bits per heavy atom. The largest absolute Gasteiger partial charge is 0.416 e. The van der Waals surface area contributed by atoms with Crippen LogP contribution >= 0.6 is 0 Å². The van der Waals surface area contributed by atoms with Crippen LogP contribution in [-0.4, -0.2) is 4.98 Å². The summed E-state index contributed by atoms with van der Waals surface area (Å²) in [5, 5.41) is 0. The summed E-state index contributed by atoms with van der Waals surface area (Å²) in [6.45, 7) is 1.86. The zero-order chi connectivity index (χ0) is 14.8. The van der Waals surface area contributed by atoms with Gasteiger partial charge in [-0.2, -0.15) is 13.2 Å². The molecule has 1 aromatic carbocycles.